The number of amides is 2. The summed E-state index contributed by atoms with van der Waals surface area (Å²) >= 11 is 0. The molecule has 0 spiro atoms. The van der Waals surface area contributed by atoms with Crippen LogP contribution in [0.3, 0.4) is 0 Å². The highest BCUT2D eigenvalue weighted by Crippen LogP contribution is 2.27. The number of rotatable bonds is 5. The molecule has 1 aromatic carbocycles. The first-order valence-electron chi connectivity index (χ1n) is 7.90. The Morgan fingerprint density at radius 3 is 2.77 bits per heavy atom. The number of carbonyl (C=O) groups is 1. The number of benzene rings is 1. The largest absolute Gasteiger partial charge is 0.497 e. The molecule has 26 heavy (non-hydrogen) atoms. The van der Waals surface area contributed by atoms with Gasteiger partial charge in [-0.1, -0.05) is 12.1 Å². The first-order valence-corrected chi connectivity index (χ1v) is 7.90. The van der Waals surface area contributed by atoms with E-state index >= 15 is 0 Å². The highest BCUT2D eigenvalue weighted by atomic mass is 35.5. The Kier molecular flexibility index (Phi) is 6.57. The van der Waals surface area contributed by atoms with E-state index in [-0.39, 0.29) is 18.4 Å². The van der Waals surface area contributed by atoms with Crippen LogP contribution in [0.15, 0.2) is 48.8 Å². The van der Waals surface area contributed by atoms with Gasteiger partial charge in [0.15, 0.2) is 0 Å². The van der Waals surface area contributed by atoms with E-state index in [4.69, 9.17) is 4.74 Å². The van der Waals surface area contributed by atoms with E-state index < -0.39 is 0 Å². The summed E-state index contributed by atoms with van der Waals surface area (Å²) in [4.78, 5) is 20.2. The van der Waals surface area contributed by atoms with Gasteiger partial charge < -0.3 is 15.4 Å². The minimum Gasteiger partial charge on any atom is -0.497 e. The highest BCUT2D eigenvalue weighted by Gasteiger charge is 2.07. The summed E-state index contributed by atoms with van der Waals surface area (Å²) in [6.45, 7) is 2.42. The molecular formula is C18H20ClN5O2. The molecule has 2 heterocycles. The molecule has 0 saturated heterocycles. The molecule has 3 rings (SSSR count). The van der Waals surface area contributed by atoms with E-state index in [1.807, 2.05) is 37.3 Å². The van der Waals surface area contributed by atoms with Crippen LogP contribution in [0.4, 0.5) is 22.1 Å². The van der Waals surface area contributed by atoms with Gasteiger partial charge >= 0.3 is 6.03 Å². The standard InChI is InChI=1S/C18H19N5O2.ClH/c1-3-19-18(24)23-16-9-12-5-4-6-15(14(12)11-21-16)22-17-10-13(25-2)7-8-20-17;/h4-11H,3H2,1-2H3,(H,20,22)(H2,19,21,23,24);1H. The van der Waals surface area contributed by atoms with Gasteiger partial charge in [0.05, 0.1) is 7.11 Å². The number of methoxy groups -OCH3 is 1. The molecule has 136 valence electrons. The van der Waals surface area contributed by atoms with Gasteiger partial charge in [0.2, 0.25) is 0 Å². The lowest BCUT2D eigenvalue weighted by atomic mass is 10.1. The minimum absolute atomic E-state index is 0. The van der Waals surface area contributed by atoms with E-state index in [0.717, 1.165) is 22.2 Å². The van der Waals surface area contributed by atoms with Crippen molar-refractivity contribution in [1.29, 1.82) is 0 Å². The van der Waals surface area contributed by atoms with Crippen molar-refractivity contribution in [3.05, 3.63) is 48.8 Å². The minimum atomic E-state index is -0.274. The zero-order valence-corrected chi connectivity index (χ0v) is 15.3. The lowest BCUT2D eigenvalue weighted by molar-refractivity contribution is 0.252. The van der Waals surface area contributed by atoms with Crippen molar-refractivity contribution < 1.29 is 9.53 Å². The number of hydrogen-bond acceptors (Lipinski definition) is 5. The third-order valence-electron chi connectivity index (χ3n) is 3.57. The van der Waals surface area contributed by atoms with Crippen molar-refractivity contribution in [2.45, 2.75) is 6.92 Å². The molecule has 8 heteroatoms. The average Bonchev–Trinajstić information content (AvgIpc) is 2.62. The number of pyridine rings is 2. The third kappa shape index (κ3) is 4.52. The maximum atomic E-state index is 11.6. The number of anilines is 3. The highest BCUT2D eigenvalue weighted by molar-refractivity contribution is 5.97. The first kappa shape index (κ1) is 19.3. The lowest BCUT2D eigenvalue weighted by Gasteiger charge is -2.11. The molecule has 0 unspecified atom stereocenters. The smallest absolute Gasteiger partial charge is 0.320 e. The maximum absolute atomic E-state index is 11.6. The molecule has 0 radical (unpaired) electrons. The molecule has 0 bridgehead atoms. The summed E-state index contributed by atoms with van der Waals surface area (Å²) in [7, 11) is 1.62. The van der Waals surface area contributed by atoms with Gasteiger partial charge in [-0.05, 0) is 30.5 Å². The summed E-state index contributed by atoms with van der Waals surface area (Å²) in [5.74, 6) is 1.90. The molecule has 3 N–H and O–H groups in total. The fourth-order valence-electron chi connectivity index (χ4n) is 2.41. The quantitative estimate of drug-likeness (QED) is 0.630. The lowest BCUT2D eigenvalue weighted by Crippen LogP contribution is -2.28. The van der Waals surface area contributed by atoms with Crippen LogP contribution in [-0.4, -0.2) is 29.7 Å². The van der Waals surface area contributed by atoms with E-state index in [2.05, 4.69) is 25.9 Å². The molecule has 3 aromatic rings. The van der Waals surface area contributed by atoms with Crippen LogP contribution in [0.5, 0.6) is 5.75 Å². The van der Waals surface area contributed by atoms with Crippen LogP contribution in [-0.2, 0) is 0 Å². The van der Waals surface area contributed by atoms with Crippen molar-refractivity contribution >= 4 is 46.5 Å². The van der Waals surface area contributed by atoms with Gasteiger partial charge in [0.25, 0.3) is 0 Å². The number of aromatic nitrogens is 2. The summed E-state index contributed by atoms with van der Waals surface area (Å²) in [6, 6.07) is 11.0. The van der Waals surface area contributed by atoms with Crippen molar-refractivity contribution in [3.63, 3.8) is 0 Å². The number of nitrogens with one attached hydrogen (secondary N) is 3. The Hall–Kier alpha value is -3.06. The van der Waals surface area contributed by atoms with Gasteiger partial charge in [-0.3, -0.25) is 5.32 Å². The van der Waals surface area contributed by atoms with Crippen molar-refractivity contribution in [2.75, 3.05) is 24.3 Å². The normalized spacial score (nSPS) is 9.92. The van der Waals surface area contributed by atoms with Crippen LogP contribution in [0.25, 0.3) is 10.8 Å². The molecular weight excluding hydrogens is 354 g/mol. The van der Waals surface area contributed by atoms with Gasteiger partial charge in [0, 0.05) is 36.1 Å². The van der Waals surface area contributed by atoms with E-state index in [0.29, 0.717) is 18.2 Å². The van der Waals surface area contributed by atoms with E-state index in [1.165, 1.54) is 0 Å². The Morgan fingerprint density at radius 1 is 1.15 bits per heavy atom. The fourth-order valence-corrected chi connectivity index (χ4v) is 2.41. The SMILES string of the molecule is CCNC(=O)Nc1cc2cccc(Nc3cc(OC)ccn3)c2cn1.Cl. The number of hydrogen-bond donors (Lipinski definition) is 3. The van der Waals surface area contributed by atoms with E-state index in [1.54, 1.807) is 25.6 Å². The van der Waals surface area contributed by atoms with Crippen molar-refractivity contribution in [2.24, 2.45) is 0 Å². The molecule has 0 atom stereocenters. The maximum Gasteiger partial charge on any atom is 0.320 e. The molecule has 0 aliphatic heterocycles. The summed E-state index contributed by atoms with van der Waals surface area (Å²) in [5.41, 5.74) is 0.871. The third-order valence-corrected chi connectivity index (χ3v) is 3.57. The predicted molar refractivity (Wildman–Crippen MR) is 106 cm³/mol. The second-order valence-electron chi connectivity index (χ2n) is 5.29. The van der Waals surface area contributed by atoms with Crippen molar-refractivity contribution in [1.82, 2.24) is 15.3 Å². The molecule has 0 saturated carbocycles. The number of fused-ring (bicyclic) bond motifs is 1. The Bertz CT molecular complexity index is 904. The monoisotopic (exact) mass is 373 g/mol. The number of ether oxygens (including phenoxy) is 1. The molecule has 0 fully saturated rings. The van der Waals surface area contributed by atoms with Gasteiger partial charge in [-0.15, -0.1) is 12.4 Å². The van der Waals surface area contributed by atoms with Crippen LogP contribution in [0.2, 0.25) is 0 Å². The number of nitrogens with zero attached hydrogens (tertiary/aromatic N) is 2. The van der Waals surface area contributed by atoms with Crippen LogP contribution in [0.1, 0.15) is 6.92 Å². The summed E-state index contributed by atoms with van der Waals surface area (Å²) < 4.78 is 5.21. The van der Waals surface area contributed by atoms with Gasteiger partial charge in [-0.2, -0.15) is 0 Å². The topological polar surface area (TPSA) is 88.2 Å². The number of urea groups is 1. The zero-order valence-electron chi connectivity index (χ0n) is 14.4. The van der Waals surface area contributed by atoms with Crippen LogP contribution >= 0.6 is 12.4 Å². The summed E-state index contributed by atoms with van der Waals surface area (Å²) in [6.07, 6.45) is 3.40. The van der Waals surface area contributed by atoms with Gasteiger partial charge in [0.1, 0.15) is 17.4 Å². The van der Waals surface area contributed by atoms with Gasteiger partial charge in [-0.25, -0.2) is 14.8 Å². The van der Waals surface area contributed by atoms with Crippen LogP contribution in [0, 0.1) is 0 Å². The predicted octanol–water partition coefficient (Wildman–Crippen LogP) is 3.95. The molecule has 2 amide bonds. The molecule has 0 aliphatic carbocycles. The number of halogens is 1. The van der Waals surface area contributed by atoms with Crippen molar-refractivity contribution in [3.8, 4) is 5.75 Å². The molecule has 0 aliphatic rings. The average molecular weight is 374 g/mol. The summed E-state index contributed by atoms with van der Waals surface area (Å²) in [5, 5.41) is 10.5. The molecule has 7 nitrogen and oxygen atoms in total. The zero-order chi connectivity index (χ0) is 17.6. The first-order chi connectivity index (χ1) is 12.2. The van der Waals surface area contributed by atoms with E-state index in [9.17, 15) is 4.79 Å². The molecule has 2 aromatic heterocycles. The van der Waals surface area contributed by atoms with Crippen LogP contribution < -0.4 is 20.7 Å². The second kappa shape index (κ2) is 8.87. The Morgan fingerprint density at radius 2 is 2.00 bits per heavy atom. The Labute approximate surface area is 157 Å². The Balaban J connectivity index is 0.00000243. The fraction of sp³-hybridized carbons (Fsp3) is 0.167. The second-order valence-corrected chi connectivity index (χ2v) is 5.29. The number of carbonyl (C=O) groups excluding carboxylic acids is 1.